The fourth-order valence-electron chi connectivity index (χ4n) is 1.19. The molecule has 0 saturated carbocycles. The third-order valence-corrected chi connectivity index (χ3v) is 2.85. The SMILES string of the molecule is Cc1cc(NC(=O)C2CSCN2)on1. The summed E-state index contributed by atoms with van der Waals surface area (Å²) in [6.45, 7) is 1.81. The number of aryl methyl sites for hydroxylation is 1. The van der Waals surface area contributed by atoms with Gasteiger partial charge in [-0.2, -0.15) is 0 Å². The summed E-state index contributed by atoms with van der Waals surface area (Å²) >= 11 is 1.71. The lowest BCUT2D eigenvalue weighted by Gasteiger charge is -2.06. The molecule has 6 heteroatoms. The van der Waals surface area contributed by atoms with Crippen LogP contribution in [0.1, 0.15) is 5.69 Å². The minimum atomic E-state index is -0.120. The van der Waals surface area contributed by atoms with Gasteiger partial charge in [0.1, 0.15) is 0 Å². The van der Waals surface area contributed by atoms with Crippen molar-refractivity contribution in [3.63, 3.8) is 0 Å². The first-order valence-electron chi connectivity index (χ1n) is 4.31. The van der Waals surface area contributed by atoms with E-state index in [1.165, 1.54) is 0 Å². The van der Waals surface area contributed by atoms with E-state index in [1.54, 1.807) is 17.8 Å². The first-order valence-corrected chi connectivity index (χ1v) is 5.46. The van der Waals surface area contributed by atoms with Gasteiger partial charge in [0, 0.05) is 17.7 Å². The number of amides is 1. The number of carbonyl (C=O) groups is 1. The molecule has 1 saturated heterocycles. The lowest BCUT2D eigenvalue weighted by atomic mass is 10.3. The molecule has 1 atom stereocenters. The van der Waals surface area contributed by atoms with E-state index in [1.807, 2.05) is 6.92 Å². The molecule has 1 aromatic rings. The van der Waals surface area contributed by atoms with Gasteiger partial charge in [0.15, 0.2) is 0 Å². The van der Waals surface area contributed by atoms with Gasteiger partial charge in [0.2, 0.25) is 11.8 Å². The molecule has 1 aromatic heterocycles. The Morgan fingerprint density at radius 3 is 3.29 bits per heavy atom. The first kappa shape index (κ1) is 9.54. The van der Waals surface area contributed by atoms with Gasteiger partial charge in [0.05, 0.1) is 11.7 Å². The number of hydrogen-bond acceptors (Lipinski definition) is 5. The number of hydrogen-bond donors (Lipinski definition) is 2. The molecule has 0 aromatic carbocycles. The highest BCUT2D eigenvalue weighted by atomic mass is 32.2. The van der Waals surface area contributed by atoms with Crippen LogP contribution in [0.3, 0.4) is 0 Å². The summed E-state index contributed by atoms with van der Waals surface area (Å²) in [4.78, 5) is 11.5. The molecule has 2 N–H and O–H groups in total. The van der Waals surface area contributed by atoms with Gasteiger partial charge in [-0.15, -0.1) is 11.8 Å². The maximum absolute atomic E-state index is 11.5. The summed E-state index contributed by atoms with van der Waals surface area (Å²) in [5.41, 5.74) is 0.758. The van der Waals surface area contributed by atoms with Crippen molar-refractivity contribution in [1.82, 2.24) is 10.5 Å². The molecule has 0 aliphatic carbocycles. The summed E-state index contributed by atoms with van der Waals surface area (Å²) in [5.74, 6) is 1.98. The van der Waals surface area contributed by atoms with Crippen molar-refractivity contribution in [2.75, 3.05) is 16.9 Å². The Morgan fingerprint density at radius 1 is 1.86 bits per heavy atom. The van der Waals surface area contributed by atoms with Crippen LogP contribution in [0.25, 0.3) is 0 Å². The highest BCUT2D eigenvalue weighted by Crippen LogP contribution is 2.13. The van der Waals surface area contributed by atoms with Crippen molar-refractivity contribution in [2.45, 2.75) is 13.0 Å². The highest BCUT2D eigenvalue weighted by molar-refractivity contribution is 7.99. The third-order valence-electron chi connectivity index (χ3n) is 1.91. The Hall–Kier alpha value is -1.01. The Balaban J connectivity index is 1.93. The second-order valence-corrected chi connectivity index (χ2v) is 4.12. The van der Waals surface area contributed by atoms with E-state index in [2.05, 4.69) is 15.8 Å². The van der Waals surface area contributed by atoms with E-state index in [0.29, 0.717) is 5.88 Å². The van der Waals surface area contributed by atoms with Gasteiger partial charge in [-0.1, -0.05) is 5.16 Å². The molecule has 1 amide bonds. The van der Waals surface area contributed by atoms with Crippen molar-refractivity contribution in [3.8, 4) is 0 Å². The molecule has 0 bridgehead atoms. The number of nitrogens with zero attached hydrogens (tertiary/aromatic N) is 1. The molecule has 1 unspecified atom stereocenters. The summed E-state index contributed by atoms with van der Waals surface area (Å²) < 4.78 is 4.88. The molecule has 2 heterocycles. The van der Waals surface area contributed by atoms with Crippen LogP contribution in [0.4, 0.5) is 5.88 Å². The van der Waals surface area contributed by atoms with Crippen molar-refractivity contribution in [2.24, 2.45) is 0 Å². The molecule has 1 aliphatic heterocycles. The van der Waals surface area contributed by atoms with Crippen molar-refractivity contribution in [3.05, 3.63) is 11.8 Å². The molecule has 14 heavy (non-hydrogen) atoms. The summed E-state index contributed by atoms with van der Waals surface area (Å²) in [6.07, 6.45) is 0. The van der Waals surface area contributed by atoms with Crippen molar-refractivity contribution >= 4 is 23.6 Å². The number of aromatic nitrogens is 1. The molecule has 2 rings (SSSR count). The van der Waals surface area contributed by atoms with Gasteiger partial charge in [-0.3, -0.25) is 15.4 Å². The average molecular weight is 213 g/mol. The highest BCUT2D eigenvalue weighted by Gasteiger charge is 2.23. The van der Waals surface area contributed by atoms with Crippen LogP contribution in [0.15, 0.2) is 10.6 Å². The molecular weight excluding hydrogens is 202 g/mol. The minimum absolute atomic E-state index is 0.0637. The van der Waals surface area contributed by atoms with E-state index in [4.69, 9.17) is 4.52 Å². The predicted octanol–water partition coefficient (Wildman–Crippen LogP) is 0.584. The Labute approximate surface area is 85.6 Å². The zero-order chi connectivity index (χ0) is 9.97. The minimum Gasteiger partial charge on any atom is -0.338 e. The second kappa shape index (κ2) is 4.02. The zero-order valence-electron chi connectivity index (χ0n) is 7.74. The second-order valence-electron chi connectivity index (χ2n) is 3.09. The average Bonchev–Trinajstić information content (AvgIpc) is 2.75. The van der Waals surface area contributed by atoms with E-state index >= 15 is 0 Å². The third kappa shape index (κ3) is 2.08. The van der Waals surface area contributed by atoms with Gasteiger partial charge in [-0.05, 0) is 6.92 Å². The van der Waals surface area contributed by atoms with Gasteiger partial charge in [0.25, 0.3) is 0 Å². The zero-order valence-corrected chi connectivity index (χ0v) is 8.56. The maximum Gasteiger partial charge on any atom is 0.244 e. The quantitative estimate of drug-likeness (QED) is 0.752. The topological polar surface area (TPSA) is 67.2 Å². The van der Waals surface area contributed by atoms with Crippen LogP contribution in [-0.4, -0.2) is 28.7 Å². The van der Waals surface area contributed by atoms with Gasteiger partial charge >= 0.3 is 0 Å². The van der Waals surface area contributed by atoms with Crippen molar-refractivity contribution in [1.29, 1.82) is 0 Å². The molecular formula is C8H11N3O2S. The number of rotatable bonds is 2. The van der Waals surface area contributed by atoms with Gasteiger partial charge < -0.3 is 4.52 Å². The lowest BCUT2D eigenvalue weighted by Crippen LogP contribution is -2.37. The van der Waals surface area contributed by atoms with E-state index < -0.39 is 0 Å². The monoisotopic (exact) mass is 213 g/mol. The Kier molecular flexibility index (Phi) is 2.74. The molecule has 0 spiro atoms. The van der Waals surface area contributed by atoms with E-state index in [0.717, 1.165) is 17.3 Å². The summed E-state index contributed by atoms with van der Waals surface area (Å²) in [6, 6.07) is 1.57. The number of anilines is 1. The lowest BCUT2D eigenvalue weighted by molar-refractivity contribution is -0.117. The predicted molar refractivity (Wildman–Crippen MR) is 54.1 cm³/mol. The van der Waals surface area contributed by atoms with Gasteiger partial charge in [-0.25, -0.2) is 0 Å². The van der Waals surface area contributed by atoms with Crippen LogP contribution in [0.2, 0.25) is 0 Å². The summed E-state index contributed by atoms with van der Waals surface area (Å²) in [5, 5.41) is 9.41. The maximum atomic E-state index is 11.5. The molecule has 0 radical (unpaired) electrons. The standard InChI is InChI=1S/C8H11N3O2S/c1-5-2-7(13-11-5)10-8(12)6-3-14-4-9-6/h2,6,9H,3-4H2,1H3,(H,10,12). The van der Waals surface area contributed by atoms with Crippen LogP contribution in [0, 0.1) is 6.92 Å². The Bertz CT molecular complexity index is 333. The van der Waals surface area contributed by atoms with Crippen molar-refractivity contribution < 1.29 is 9.32 Å². The number of nitrogens with one attached hydrogen (secondary N) is 2. The number of carbonyl (C=O) groups excluding carboxylic acids is 1. The number of thioether (sulfide) groups is 1. The van der Waals surface area contributed by atoms with E-state index in [-0.39, 0.29) is 11.9 Å². The molecule has 1 aliphatic rings. The normalized spacial score (nSPS) is 21.1. The molecule has 1 fully saturated rings. The largest absolute Gasteiger partial charge is 0.338 e. The molecule has 5 nitrogen and oxygen atoms in total. The fraction of sp³-hybridized carbons (Fsp3) is 0.500. The van der Waals surface area contributed by atoms with Crippen LogP contribution >= 0.6 is 11.8 Å². The van der Waals surface area contributed by atoms with Crippen LogP contribution < -0.4 is 10.6 Å². The fourth-order valence-corrected chi connectivity index (χ4v) is 2.14. The summed E-state index contributed by atoms with van der Waals surface area (Å²) in [7, 11) is 0. The van der Waals surface area contributed by atoms with Crippen LogP contribution in [-0.2, 0) is 4.79 Å². The van der Waals surface area contributed by atoms with E-state index in [9.17, 15) is 4.79 Å². The first-order chi connectivity index (χ1) is 6.75. The smallest absolute Gasteiger partial charge is 0.244 e. The Morgan fingerprint density at radius 2 is 2.71 bits per heavy atom. The molecule has 76 valence electrons. The van der Waals surface area contributed by atoms with Crippen LogP contribution in [0.5, 0.6) is 0 Å².